The highest BCUT2D eigenvalue weighted by Crippen LogP contribution is 2.12. The quantitative estimate of drug-likeness (QED) is 0.590. The highest BCUT2D eigenvalue weighted by molar-refractivity contribution is 6.30. The van der Waals surface area contributed by atoms with E-state index in [0.717, 1.165) is 5.56 Å². The molecule has 0 radical (unpaired) electrons. The van der Waals surface area contributed by atoms with Crippen LogP contribution in [0.2, 0.25) is 5.02 Å². The number of halogens is 1. The Labute approximate surface area is 151 Å². The van der Waals surface area contributed by atoms with E-state index < -0.39 is 5.91 Å². The van der Waals surface area contributed by atoms with Gasteiger partial charge >= 0.3 is 0 Å². The fraction of sp³-hybridized carbons (Fsp3) is 0.158. The van der Waals surface area contributed by atoms with Crippen molar-refractivity contribution in [3.05, 3.63) is 76.4 Å². The van der Waals surface area contributed by atoms with Crippen molar-refractivity contribution in [3.8, 4) is 0 Å². The molecule has 2 aromatic rings. The lowest BCUT2D eigenvalue weighted by Crippen LogP contribution is -2.36. The predicted molar refractivity (Wildman–Crippen MR) is 98.2 cm³/mol. The second-order valence-electron chi connectivity index (χ2n) is 5.18. The summed E-state index contributed by atoms with van der Waals surface area (Å²) in [4.78, 5) is 24.7. The summed E-state index contributed by atoms with van der Waals surface area (Å²) in [7, 11) is 1.55. The van der Waals surface area contributed by atoms with E-state index in [0.29, 0.717) is 23.7 Å². The van der Waals surface area contributed by atoms with Crippen LogP contribution in [0.1, 0.15) is 15.9 Å². The Morgan fingerprint density at radius 2 is 1.76 bits per heavy atom. The molecule has 0 saturated heterocycles. The largest absolute Gasteiger partial charge is 0.383 e. The van der Waals surface area contributed by atoms with Gasteiger partial charge in [-0.3, -0.25) is 9.59 Å². The zero-order valence-electron chi connectivity index (χ0n) is 13.8. The number of ether oxygens (including phenoxy) is 1. The number of amides is 2. The Morgan fingerprint density at radius 3 is 2.40 bits per heavy atom. The first kappa shape index (κ1) is 18.7. The number of methoxy groups -OCH3 is 1. The molecule has 130 valence electrons. The molecular formula is C19H19ClN2O3. The van der Waals surface area contributed by atoms with E-state index >= 15 is 0 Å². The molecule has 0 heterocycles. The molecule has 0 aliphatic heterocycles. The summed E-state index contributed by atoms with van der Waals surface area (Å²) in [5.41, 5.74) is 1.36. The molecule has 2 aromatic carbocycles. The van der Waals surface area contributed by atoms with Gasteiger partial charge in [-0.1, -0.05) is 41.9 Å². The average molecular weight is 359 g/mol. The van der Waals surface area contributed by atoms with Gasteiger partial charge in [-0.15, -0.1) is 0 Å². The first-order valence-electron chi connectivity index (χ1n) is 7.71. The molecule has 0 spiro atoms. The van der Waals surface area contributed by atoms with Crippen LogP contribution in [0.15, 0.2) is 60.3 Å². The van der Waals surface area contributed by atoms with Crippen LogP contribution in [0.3, 0.4) is 0 Å². The molecular weight excluding hydrogens is 340 g/mol. The number of carbonyl (C=O) groups excluding carboxylic acids is 2. The third kappa shape index (κ3) is 6.06. The third-order valence-electron chi connectivity index (χ3n) is 3.30. The van der Waals surface area contributed by atoms with E-state index in [1.54, 1.807) is 61.7 Å². The fourth-order valence-electron chi connectivity index (χ4n) is 2.03. The van der Waals surface area contributed by atoms with Crippen molar-refractivity contribution in [2.75, 3.05) is 20.3 Å². The normalized spacial score (nSPS) is 11.0. The Hall–Kier alpha value is -2.63. The molecule has 0 saturated carbocycles. The Bertz CT molecular complexity index is 743. The molecule has 6 heteroatoms. The van der Waals surface area contributed by atoms with Gasteiger partial charge in [0.25, 0.3) is 11.8 Å². The van der Waals surface area contributed by atoms with Crippen molar-refractivity contribution >= 4 is 29.5 Å². The first-order valence-corrected chi connectivity index (χ1v) is 8.09. The lowest BCUT2D eigenvalue weighted by Gasteiger charge is -2.11. The van der Waals surface area contributed by atoms with Gasteiger partial charge in [0.2, 0.25) is 0 Å². The molecule has 0 atom stereocenters. The molecule has 5 nitrogen and oxygen atoms in total. The maximum absolute atomic E-state index is 12.4. The minimum Gasteiger partial charge on any atom is -0.383 e. The van der Waals surface area contributed by atoms with Crippen molar-refractivity contribution in [2.45, 2.75) is 0 Å². The van der Waals surface area contributed by atoms with Crippen LogP contribution < -0.4 is 10.6 Å². The zero-order chi connectivity index (χ0) is 18.1. The number of nitrogens with one attached hydrogen (secondary N) is 2. The van der Waals surface area contributed by atoms with E-state index in [9.17, 15) is 9.59 Å². The molecule has 0 bridgehead atoms. The van der Waals surface area contributed by atoms with Crippen LogP contribution in [0.4, 0.5) is 0 Å². The first-order chi connectivity index (χ1) is 12.1. The van der Waals surface area contributed by atoms with Crippen LogP contribution in [0, 0.1) is 0 Å². The van der Waals surface area contributed by atoms with Gasteiger partial charge in [0.05, 0.1) is 6.61 Å². The molecule has 2 amide bonds. The van der Waals surface area contributed by atoms with Crippen LogP contribution in [0.5, 0.6) is 0 Å². The monoisotopic (exact) mass is 358 g/mol. The standard InChI is InChI=1S/C19H19ClN2O3/c1-25-12-11-21-19(24)17(13-14-7-9-16(20)10-8-14)22-18(23)15-5-3-2-4-6-15/h2-10,13H,11-12H2,1H3,(H,21,24)(H,22,23). The zero-order valence-corrected chi connectivity index (χ0v) is 14.5. The lowest BCUT2D eigenvalue weighted by atomic mass is 10.1. The number of carbonyl (C=O) groups is 2. The summed E-state index contributed by atoms with van der Waals surface area (Å²) < 4.78 is 4.92. The lowest BCUT2D eigenvalue weighted by molar-refractivity contribution is -0.117. The van der Waals surface area contributed by atoms with E-state index in [1.165, 1.54) is 0 Å². The van der Waals surface area contributed by atoms with Crippen LogP contribution in [-0.2, 0) is 9.53 Å². The van der Waals surface area contributed by atoms with Crippen molar-refractivity contribution in [2.24, 2.45) is 0 Å². The number of hydrogen-bond donors (Lipinski definition) is 2. The molecule has 0 unspecified atom stereocenters. The van der Waals surface area contributed by atoms with E-state index in [2.05, 4.69) is 10.6 Å². The Kier molecular flexibility index (Phi) is 7.19. The third-order valence-corrected chi connectivity index (χ3v) is 3.55. The van der Waals surface area contributed by atoms with Gasteiger partial charge < -0.3 is 15.4 Å². The summed E-state index contributed by atoms with van der Waals surface area (Å²) in [6, 6.07) is 15.7. The molecule has 0 fully saturated rings. The van der Waals surface area contributed by atoms with E-state index in [4.69, 9.17) is 16.3 Å². The van der Waals surface area contributed by atoms with Gasteiger partial charge in [-0.25, -0.2) is 0 Å². The summed E-state index contributed by atoms with van der Waals surface area (Å²) in [5.74, 6) is -0.751. The molecule has 0 aliphatic carbocycles. The maximum atomic E-state index is 12.4. The second kappa shape index (κ2) is 9.61. The fourth-order valence-corrected chi connectivity index (χ4v) is 2.16. The van der Waals surface area contributed by atoms with Gasteiger partial charge in [-0.2, -0.15) is 0 Å². The second-order valence-corrected chi connectivity index (χ2v) is 5.61. The Balaban J connectivity index is 2.20. The van der Waals surface area contributed by atoms with Crippen LogP contribution >= 0.6 is 11.6 Å². The van der Waals surface area contributed by atoms with Gasteiger partial charge in [0, 0.05) is 24.2 Å². The van der Waals surface area contributed by atoms with Crippen molar-refractivity contribution < 1.29 is 14.3 Å². The molecule has 2 rings (SSSR count). The number of benzene rings is 2. The maximum Gasteiger partial charge on any atom is 0.267 e. The summed E-state index contributed by atoms with van der Waals surface area (Å²) >= 11 is 5.88. The minimum absolute atomic E-state index is 0.146. The molecule has 25 heavy (non-hydrogen) atoms. The summed E-state index contributed by atoms with van der Waals surface area (Å²) in [6.07, 6.45) is 1.60. The highest BCUT2D eigenvalue weighted by Gasteiger charge is 2.14. The van der Waals surface area contributed by atoms with Crippen molar-refractivity contribution in [1.29, 1.82) is 0 Å². The van der Waals surface area contributed by atoms with Crippen molar-refractivity contribution in [1.82, 2.24) is 10.6 Å². The van der Waals surface area contributed by atoms with Gasteiger partial charge in [0.1, 0.15) is 5.70 Å². The van der Waals surface area contributed by atoms with Crippen LogP contribution in [-0.4, -0.2) is 32.1 Å². The SMILES string of the molecule is COCCNC(=O)C(=Cc1ccc(Cl)cc1)NC(=O)c1ccccc1. The average Bonchev–Trinajstić information content (AvgIpc) is 2.63. The van der Waals surface area contributed by atoms with Gasteiger partial charge in [-0.05, 0) is 35.9 Å². The van der Waals surface area contributed by atoms with E-state index in [-0.39, 0.29) is 11.6 Å². The summed E-state index contributed by atoms with van der Waals surface area (Å²) in [5, 5.41) is 5.95. The topological polar surface area (TPSA) is 67.4 Å². The van der Waals surface area contributed by atoms with Crippen molar-refractivity contribution in [3.63, 3.8) is 0 Å². The number of rotatable bonds is 7. The molecule has 2 N–H and O–H groups in total. The van der Waals surface area contributed by atoms with Gasteiger partial charge in [0.15, 0.2) is 0 Å². The summed E-state index contributed by atoms with van der Waals surface area (Å²) in [6.45, 7) is 0.723. The highest BCUT2D eigenvalue weighted by atomic mass is 35.5. The smallest absolute Gasteiger partial charge is 0.267 e. The number of hydrogen-bond acceptors (Lipinski definition) is 3. The van der Waals surface area contributed by atoms with Crippen LogP contribution in [0.25, 0.3) is 6.08 Å². The molecule has 0 aliphatic rings. The Morgan fingerprint density at radius 1 is 1.08 bits per heavy atom. The molecule has 0 aromatic heterocycles. The minimum atomic E-state index is -0.392. The predicted octanol–water partition coefficient (Wildman–Crippen LogP) is 2.87. The van der Waals surface area contributed by atoms with E-state index in [1.807, 2.05) is 6.07 Å².